The summed E-state index contributed by atoms with van der Waals surface area (Å²) in [6.07, 6.45) is 8.91. The first-order valence-electron chi connectivity index (χ1n) is 8.45. The van der Waals surface area contributed by atoms with E-state index in [1.54, 1.807) is 6.33 Å². The first kappa shape index (κ1) is 16.6. The number of hydrogen-bond acceptors (Lipinski definition) is 4. The zero-order valence-corrected chi connectivity index (χ0v) is 15.2. The number of hydrogen-bond donors (Lipinski definition) is 0. The van der Waals surface area contributed by atoms with Crippen LogP contribution in [0.4, 0.5) is 0 Å². The number of aryl methyl sites for hydroxylation is 1. The lowest BCUT2D eigenvalue weighted by Gasteiger charge is -2.33. The number of carbonyl (C=O) groups excluding carboxylic acids is 1. The van der Waals surface area contributed by atoms with Crippen molar-refractivity contribution in [2.45, 2.75) is 50.1 Å². The molecule has 4 atom stereocenters. The molecule has 2 aliphatic carbocycles. The number of aromatic nitrogens is 3. The third-order valence-corrected chi connectivity index (χ3v) is 6.19. The quantitative estimate of drug-likeness (QED) is 0.593. The Bertz CT molecular complexity index is 597. The number of amides is 1. The highest BCUT2D eigenvalue weighted by Gasteiger charge is 2.38. The SMILES string of the molecule is CC(C)N(C[C@H]1C[C@H]2C=C[C@H]1C2)C(=O)[C@H](C)Sc1nncn1C. The van der Waals surface area contributed by atoms with E-state index in [0.717, 1.165) is 17.6 Å². The molecule has 0 saturated heterocycles. The molecule has 1 amide bonds. The van der Waals surface area contributed by atoms with E-state index in [2.05, 4.69) is 41.1 Å². The van der Waals surface area contributed by atoms with Gasteiger partial charge in [0.1, 0.15) is 6.33 Å². The van der Waals surface area contributed by atoms with E-state index < -0.39 is 0 Å². The average Bonchev–Trinajstić information content (AvgIpc) is 3.21. The van der Waals surface area contributed by atoms with Crippen LogP contribution in [0.15, 0.2) is 23.6 Å². The van der Waals surface area contributed by atoms with Crippen LogP contribution in [0, 0.1) is 17.8 Å². The molecule has 0 aliphatic heterocycles. The molecule has 1 fully saturated rings. The minimum atomic E-state index is -0.144. The molecule has 0 N–H and O–H groups in total. The highest BCUT2D eigenvalue weighted by Crippen LogP contribution is 2.44. The van der Waals surface area contributed by atoms with Crippen molar-refractivity contribution in [2.75, 3.05) is 6.54 Å². The average molecular weight is 334 g/mol. The smallest absolute Gasteiger partial charge is 0.236 e. The van der Waals surface area contributed by atoms with Crippen molar-refractivity contribution in [3.8, 4) is 0 Å². The Morgan fingerprint density at radius 1 is 1.39 bits per heavy atom. The Morgan fingerprint density at radius 3 is 2.70 bits per heavy atom. The Balaban J connectivity index is 1.64. The van der Waals surface area contributed by atoms with Gasteiger partial charge >= 0.3 is 0 Å². The summed E-state index contributed by atoms with van der Waals surface area (Å²) >= 11 is 1.49. The molecule has 5 nitrogen and oxygen atoms in total. The van der Waals surface area contributed by atoms with Gasteiger partial charge < -0.3 is 9.47 Å². The monoisotopic (exact) mass is 334 g/mol. The van der Waals surface area contributed by atoms with Gasteiger partial charge in [-0.25, -0.2) is 0 Å². The van der Waals surface area contributed by atoms with Gasteiger partial charge in [0, 0.05) is 19.6 Å². The lowest BCUT2D eigenvalue weighted by molar-refractivity contribution is -0.132. The highest BCUT2D eigenvalue weighted by molar-refractivity contribution is 8.00. The maximum atomic E-state index is 12.9. The molecule has 1 aromatic rings. The maximum Gasteiger partial charge on any atom is 0.236 e. The summed E-state index contributed by atoms with van der Waals surface area (Å²) in [5.74, 6) is 2.26. The number of rotatable bonds is 6. The fraction of sp³-hybridized carbons (Fsp3) is 0.706. The van der Waals surface area contributed by atoms with Gasteiger partial charge in [-0.3, -0.25) is 4.79 Å². The summed E-state index contributed by atoms with van der Waals surface area (Å²) < 4.78 is 1.86. The summed E-state index contributed by atoms with van der Waals surface area (Å²) in [5, 5.41) is 8.60. The van der Waals surface area contributed by atoms with E-state index >= 15 is 0 Å². The minimum absolute atomic E-state index is 0.144. The Morgan fingerprint density at radius 2 is 2.17 bits per heavy atom. The molecule has 23 heavy (non-hydrogen) atoms. The molecular formula is C17H26N4OS. The van der Waals surface area contributed by atoms with E-state index in [1.807, 2.05) is 18.5 Å². The third-order valence-electron chi connectivity index (χ3n) is 5.05. The normalized spacial score (nSPS) is 26.9. The molecule has 0 spiro atoms. The maximum absolute atomic E-state index is 12.9. The van der Waals surface area contributed by atoms with Crippen LogP contribution in [0.1, 0.15) is 33.6 Å². The molecule has 126 valence electrons. The molecule has 2 bridgehead atoms. The van der Waals surface area contributed by atoms with Crippen LogP contribution in [0.5, 0.6) is 0 Å². The van der Waals surface area contributed by atoms with Gasteiger partial charge in [0.25, 0.3) is 0 Å². The van der Waals surface area contributed by atoms with Crippen molar-refractivity contribution in [1.82, 2.24) is 19.7 Å². The summed E-state index contributed by atoms with van der Waals surface area (Å²) in [7, 11) is 1.90. The van der Waals surface area contributed by atoms with E-state index in [9.17, 15) is 4.79 Å². The molecule has 1 heterocycles. The molecule has 2 aliphatic rings. The largest absolute Gasteiger partial charge is 0.339 e. The summed E-state index contributed by atoms with van der Waals surface area (Å²) in [4.78, 5) is 15.0. The summed E-state index contributed by atoms with van der Waals surface area (Å²) in [5.41, 5.74) is 0. The van der Waals surface area contributed by atoms with Gasteiger partial charge in [0.2, 0.25) is 5.91 Å². The molecule has 0 radical (unpaired) electrons. The van der Waals surface area contributed by atoms with Crippen molar-refractivity contribution in [2.24, 2.45) is 24.8 Å². The number of allylic oxidation sites excluding steroid dienone is 2. The fourth-order valence-corrected chi connectivity index (χ4v) is 4.59. The molecule has 3 rings (SSSR count). The first-order chi connectivity index (χ1) is 11.0. The first-order valence-corrected chi connectivity index (χ1v) is 9.33. The van der Waals surface area contributed by atoms with Crippen LogP contribution < -0.4 is 0 Å². The Kier molecular flexibility index (Phi) is 4.80. The minimum Gasteiger partial charge on any atom is -0.339 e. The number of thioether (sulfide) groups is 1. The zero-order chi connectivity index (χ0) is 16.6. The van der Waals surface area contributed by atoms with Crippen molar-refractivity contribution in [3.63, 3.8) is 0 Å². The number of carbonyl (C=O) groups is 1. The summed E-state index contributed by atoms with van der Waals surface area (Å²) in [6, 6.07) is 0.230. The highest BCUT2D eigenvalue weighted by atomic mass is 32.2. The molecule has 6 heteroatoms. The molecule has 0 aromatic carbocycles. The van der Waals surface area contributed by atoms with Crippen LogP contribution in [0.25, 0.3) is 0 Å². The van der Waals surface area contributed by atoms with Gasteiger partial charge in [-0.2, -0.15) is 0 Å². The summed E-state index contributed by atoms with van der Waals surface area (Å²) in [6.45, 7) is 7.07. The van der Waals surface area contributed by atoms with E-state index in [-0.39, 0.29) is 17.2 Å². The predicted molar refractivity (Wildman–Crippen MR) is 92.0 cm³/mol. The molecule has 1 saturated carbocycles. The lowest BCUT2D eigenvalue weighted by atomic mass is 9.92. The second-order valence-corrected chi connectivity index (χ2v) is 8.42. The second-order valence-electron chi connectivity index (χ2n) is 7.11. The standard InChI is InChI=1S/C17H26N4OS/c1-11(2)21(9-15-8-13-5-6-14(15)7-13)16(22)12(3)23-17-19-18-10-20(17)4/h5-6,10-15H,7-9H2,1-4H3/t12-,13-,14-,15+/m0/s1. The van der Waals surface area contributed by atoms with Crippen LogP contribution >= 0.6 is 11.8 Å². The van der Waals surface area contributed by atoms with Crippen molar-refractivity contribution in [3.05, 3.63) is 18.5 Å². The van der Waals surface area contributed by atoms with Gasteiger partial charge in [0.15, 0.2) is 5.16 Å². The van der Waals surface area contributed by atoms with Crippen LogP contribution in [-0.4, -0.2) is 43.4 Å². The van der Waals surface area contributed by atoms with Crippen molar-refractivity contribution in [1.29, 1.82) is 0 Å². The van der Waals surface area contributed by atoms with Gasteiger partial charge in [-0.05, 0) is 51.4 Å². The van der Waals surface area contributed by atoms with E-state index in [1.165, 1.54) is 24.6 Å². The molecular weight excluding hydrogens is 308 g/mol. The fourth-order valence-electron chi connectivity index (χ4n) is 3.73. The van der Waals surface area contributed by atoms with Crippen molar-refractivity contribution >= 4 is 17.7 Å². The lowest BCUT2D eigenvalue weighted by Crippen LogP contribution is -2.44. The third kappa shape index (κ3) is 3.47. The second kappa shape index (κ2) is 6.67. The molecule has 0 unspecified atom stereocenters. The van der Waals surface area contributed by atoms with Crippen LogP contribution in [0.3, 0.4) is 0 Å². The van der Waals surface area contributed by atoms with Gasteiger partial charge in [-0.1, -0.05) is 23.9 Å². The zero-order valence-electron chi connectivity index (χ0n) is 14.3. The number of fused-ring (bicyclic) bond motifs is 2. The van der Waals surface area contributed by atoms with Crippen LogP contribution in [-0.2, 0) is 11.8 Å². The van der Waals surface area contributed by atoms with Gasteiger partial charge in [0.05, 0.1) is 5.25 Å². The predicted octanol–water partition coefficient (Wildman–Crippen LogP) is 2.74. The Hall–Kier alpha value is -1.30. The van der Waals surface area contributed by atoms with E-state index in [0.29, 0.717) is 11.8 Å². The molecule has 1 aromatic heterocycles. The van der Waals surface area contributed by atoms with Crippen molar-refractivity contribution < 1.29 is 4.79 Å². The van der Waals surface area contributed by atoms with Gasteiger partial charge in [-0.15, -0.1) is 10.2 Å². The van der Waals surface area contributed by atoms with Crippen LogP contribution in [0.2, 0.25) is 0 Å². The topological polar surface area (TPSA) is 51.0 Å². The Labute approximate surface area is 142 Å². The van der Waals surface area contributed by atoms with E-state index in [4.69, 9.17) is 0 Å². The number of nitrogens with zero attached hydrogens (tertiary/aromatic N) is 4.